The fraction of sp³-hybridized carbons (Fsp3) is 0.375. The summed E-state index contributed by atoms with van der Waals surface area (Å²) in [6.45, 7) is 4.10. The summed E-state index contributed by atoms with van der Waals surface area (Å²) in [5, 5.41) is 14.7. The van der Waals surface area contributed by atoms with Crippen molar-refractivity contribution in [3.63, 3.8) is 0 Å². The van der Waals surface area contributed by atoms with Crippen molar-refractivity contribution in [2.75, 3.05) is 37.1 Å². The van der Waals surface area contributed by atoms with Gasteiger partial charge in [0, 0.05) is 43.7 Å². The number of methoxy groups -OCH3 is 1. The Labute approximate surface area is 202 Å². The third kappa shape index (κ3) is 5.47. The second-order valence-corrected chi connectivity index (χ2v) is 8.33. The molecule has 0 spiro atoms. The molecule has 1 fully saturated rings. The highest BCUT2D eigenvalue weighted by Gasteiger charge is 2.32. The first-order chi connectivity index (χ1) is 17.2. The maximum Gasteiger partial charge on any atom is 0.228 e. The Balaban J connectivity index is 1.41. The monoisotopic (exact) mass is 476 g/mol. The van der Waals surface area contributed by atoms with Crippen LogP contribution >= 0.6 is 0 Å². The van der Waals surface area contributed by atoms with Crippen LogP contribution < -0.4 is 10.2 Å². The number of pyridine rings is 1. The number of anilines is 3. The summed E-state index contributed by atoms with van der Waals surface area (Å²) < 4.78 is 16.6. The molecular formula is C24H28N8O3. The number of nitrogens with one attached hydrogen (secondary N) is 2. The van der Waals surface area contributed by atoms with Crippen molar-refractivity contribution in [3.05, 3.63) is 59.7 Å². The maximum absolute atomic E-state index is 5.75. The molecule has 4 aromatic rings. The number of hydrogen-bond acceptors (Lipinski definition) is 10. The Kier molecular flexibility index (Phi) is 6.96. The lowest BCUT2D eigenvalue weighted by Gasteiger charge is -2.23. The Hall–Kier alpha value is -3.83. The molecule has 182 valence electrons. The molecule has 1 aliphatic heterocycles. The maximum atomic E-state index is 5.75. The molecule has 2 N–H and O–H groups in total. The number of aryl methyl sites for hydroxylation is 1. The normalized spacial score (nSPS) is 15.6. The van der Waals surface area contributed by atoms with Gasteiger partial charge in [0.05, 0.1) is 37.3 Å². The smallest absolute Gasteiger partial charge is 0.228 e. The average molecular weight is 477 g/mol. The number of rotatable bonds is 10. The van der Waals surface area contributed by atoms with E-state index >= 15 is 0 Å². The Morgan fingerprint density at radius 1 is 1.14 bits per heavy atom. The van der Waals surface area contributed by atoms with Crippen molar-refractivity contribution in [2.24, 2.45) is 0 Å². The fourth-order valence-electron chi connectivity index (χ4n) is 4.07. The minimum absolute atomic E-state index is 0.0231. The minimum atomic E-state index is -0.0231. The van der Waals surface area contributed by atoms with Crippen LogP contribution in [0.5, 0.6) is 0 Å². The minimum Gasteiger partial charge on any atom is -0.382 e. The summed E-state index contributed by atoms with van der Waals surface area (Å²) in [7, 11) is 1.65. The van der Waals surface area contributed by atoms with E-state index in [1.54, 1.807) is 13.3 Å². The number of hydrogen-bond donors (Lipinski definition) is 2. The topological polar surface area (TPSA) is 127 Å². The largest absolute Gasteiger partial charge is 0.382 e. The van der Waals surface area contributed by atoms with Crippen molar-refractivity contribution in [3.8, 4) is 11.4 Å². The third-order valence-electron chi connectivity index (χ3n) is 5.71. The molecule has 11 nitrogen and oxygen atoms in total. The van der Waals surface area contributed by atoms with E-state index in [2.05, 4.69) is 30.6 Å². The van der Waals surface area contributed by atoms with Crippen molar-refractivity contribution < 1.29 is 14.0 Å². The summed E-state index contributed by atoms with van der Waals surface area (Å²) in [5.41, 5.74) is 3.21. The van der Waals surface area contributed by atoms with Gasteiger partial charge in [-0.05, 0) is 31.9 Å². The highest BCUT2D eigenvalue weighted by Crippen LogP contribution is 2.36. The zero-order valence-electron chi connectivity index (χ0n) is 19.8. The number of H-pyrrole nitrogens is 1. The molecule has 0 unspecified atom stereocenters. The lowest BCUT2D eigenvalue weighted by atomic mass is 10.1. The average Bonchev–Trinajstić information content (AvgIpc) is 3.63. The van der Waals surface area contributed by atoms with Crippen LogP contribution in [0.1, 0.15) is 36.0 Å². The highest BCUT2D eigenvalue weighted by atomic mass is 16.5. The molecule has 0 amide bonds. The first-order valence-electron chi connectivity index (χ1n) is 11.6. The molecular weight excluding hydrogens is 448 g/mol. The van der Waals surface area contributed by atoms with Crippen molar-refractivity contribution >= 4 is 17.6 Å². The van der Waals surface area contributed by atoms with Crippen molar-refractivity contribution in [1.82, 2.24) is 30.3 Å². The van der Waals surface area contributed by atoms with Crippen LogP contribution in [0, 0.1) is 6.92 Å². The molecule has 5 rings (SSSR count). The van der Waals surface area contributed by atoms with E-state index in [-0.39, 0.29) is 6.04 Å². The predicted molar refractivity (Wildman–Crippen MR) is 129 cm³/mol. The van der Waals surface area contributed by atoms with Gasteiger partial charge >= 0.3 is 0 Å². The van der Waals surface area contributed by atoms with Crippen molar-refractivity contribution in [1.29, 1.82) is 0 Å². The zero-order chi connectivity index (χ0) is 24.0. The van der Waals surface area contributed by atoms with Gasteiger partial charge in [-0.3, -0.25) is 10.1 Å². The second-order valence-electron chi connectivity index (χ2n) is 8.33. The second kappa shape index (κ2) is 10.6. The van der Waals surface area contributed by atoms with Gasteiger partial charge < -0.3 is 24.2 Å². The van der Waals surface area contributed by atoms with Gasteiger partial charge in [0.15, 0.2) is 11.6 Å². The van der Waals surface area contributed by atoms with Gasteiger partial charge in [0.2, 0.25) is 5.95 Å². The third-order valence-corrected chi connectivity index (χ3v) is 5.71. The molecule has 11 heteroatoms. The van der Waals surface area contributed by atoms with E-state index < -0.39 is 0 Å². The van der Waals surface area contributed by atoms with Gasteiger partial charge in [-0.15, -0.1) is 0 Å². The lowest BCUT2D eigenvalue weighted by molar-refractivity contribution is 0.0602. The molecule has 1 saturated heterocycles. The van der Waals surface area contributed by atoms with E-state index in [9.17, 15) is 0 Å². The predicted octanol–water partition coefficient (Wildman–Crippen LogP) is 3.81. The van der Waals surface area contributed by atoms with E-state index in [0.717, 1.165) is 42.2 Å². The number of aromatic amines is 1. The highest BCUT2D eigenvalue weighted by molar-refractivity contribution is 5.56. The molecule has 35 heavy (non-hydrogen) atoms. The summed E-state index contributed by atoms with van der Waals surface area (Å²) in [5.74, 6) is 2.70. The van der Waals surface area contributed by atoms with Gasteiger partial charge in [-0.25, -0.2) is 4.98 Å². The van der Waals surface area contributed by atoms with E-state index in [0.29, 0.717) is 43.1 Å². The summed E-state index contributed by atoms with van der Waals surface area (Å²) in [6.07, 6.45) is 3.65. The summed E-state index contributed by atoms with van der Waals surface area (Å²) in [6, 6.07) is 11.4. The summed E-state index contributed by atoms with van der Waals surface area (Å²) >= 11 is 0. The van der Waals surface area contributed by atoms with Crippen LogP contribution in [0.2, 0.25) is 0 Å². The van der Waals surface area contributed by atoms with Crippen LogP contribution in [0.25, 0.3) is 11.4 Å². The number of aromatic nitrogens is 6. The molecule has 0 bridgehead atoms. The molecule has 4 aromatic heterocycles. The van der Waals surface area contributed by atoms with Crippen molar-refractivity contribution in [2.45, 2.75) is 32.4 Å². The summed E-state index contributed by atoms with van der Waals surface area (Å²) in [4.78, 5) is 16.1. The quantitative estimate of drug-likeness (QED) is 0.326. The van der Waals surface area contributed by atoms with Gasteiger partial charge in [0.1, 0.15) is 11.5 Å². The van der Waals surface area contributed by atoms with Crippen LogP contribution in [-0.2, 0) is 16.1 Å². The van der Waals surface area contributed by atoms with Gasteiger partial charge in [0.25, 0.3) is 0 Å². The van der Waals surface area contributed by atoms with Crippen LogP contribution in [0.3, 0.4) is 0 Å². The molecule has 1 aliphatic rings. The molecule has 0 aliphatic carbocycles. The fourth-order valence-corrected chi connectivity index (χ4v) is 4.07. The van der Waals surface area contributed by atoms with Crippen LogP contribution in [0.15, 0.2) is 47.1 Å². The number of nitrogens with zero attached hydrogens (tertiary/aromatic N) is 6. The van der Waals surface area contributed by atoms with E-state index in [1.165, 1.54) is 0 Å². The lowest BCUT2D eigenvalue weighted by Crippen LogP contribution is -2.25. The van der Waals surface area contributed by atoms with E-state index in [4.69, 9.17) is 24.0 Å². The first-order valence-corrected chi connectivity index (χ1v) is 11.6. The van der Waals surface area contributed by atoms with Gasteiger partial charge in [-0.2, -0.15) is 10.1 Å². The Morgan fingerprint density at radius 3 is 2.89 bits per heavy atom. The van der Waals surface area contributed by atoms with Crippen LogP contribution in [0.4, 0.5) is 17.6 Å². The number of ether oxygens (including phenoxy) is 2. The SMILES string of the molecule is COCCOCc1cc(Nc2cc(C)[nH]n2)nc(N2CCC[C@H]2c2cc(-c3ccccn3)no2)n1. The zero-order valence-corrected chi connectivity index (χ0v) is 19.8. The molecule has 1 atom stereocenters. The molecule has 0 aromatic carbocycles. The van der Waals surface area contributed by atoms with Crippen LogP contribution in [-0.4, -0.2) is 57.2 Å². The van der Waals surface area contributed by atoms with Gasteiger partial charge in [-0.1, -0.05) is 11.2 Å². The Bertz CT molecular complexity index is 1240. The molecule has 0 radical (unpaired) electrons. The Morgan fingerprint density at radius 2 is 2.09 bits per heavy atom. The molecule has 0 saturated carbocycles. The molecule has 5 heterocycles. The first kappa shape index (κ1) is 22.9. The standard InChI is InChI=1S/C24H28N8O3/c1-16-12-23(30-29-16)27-22-13-17(15-34-11-10-33-2)26-24(28-22)32-9-5-7-20(32)21-14-19(31-35-21)18-6-3-4-8-25-18/h3-4,6,8,12-14,20H,5,7,9-11,15H2,1-2H3,(H2,26,27,28,29,30)/t20-/m0/s1. The van der Waals surface area contributed by atoms with E-state index in [1.807, 2.05) is 43.3 Å².